The van der Waals surface area contributed by atoms with Crippen molar-refractivity contribution in [3.63, 3.8) is 0 Å². The molecule has 86 valence electrons. The summed E-state index contributed by atoms with van der Waals surface area (Å²) in [5.41, 5.74) is 6.95. The van der Waals surface area contributed by atoms with Gasteiger partial charge in [0.25, 0.3) is 0 Å². The standard InChI is InChI=1S/C13H18N2O/c1-3-9-15(2)13(16)10-12(14)11-7-5-4-6-8-11/h3-8,12H,1,9-10,14H2,2H3. The van der Waals surface area contributed by atoms with Gasteiger partial charge in [-0.3, -0.25) is 4.79 Å². The van der Waals surface area contributed by atoms with E-state index < -0.39 is 0 Å². The average Bonchev–Trinajstić information content (AvgIpc) is 2.30. The number of nitrogens with zero attached hydrogens (tertiary/aromatic N) is 1. The van der Waals surface area contributed by atoms with Gasteiger partial charge in [0.05, 0.1) is 0 Å². The molecule has 1 amide bonds. The van der Waals surface area contributed by atoms with E-state index >= 15 is 0 Å². The maximum Gasteiger partial charge on any atom is 0.224 e. The molecule has 0 aromatic heterocycles. The third kappa shape index (κ3) is 3.51. The maximum atomic E-state index is 11.7. The van der Waals surface area contributed by atoms with Gasteiger partial charge in [0.2, 0.25) is 5.91 Å². The second-order valence-corrected chi connectivity index (χ2v) is 3.78. The Balaban J connectivity index is 2.55. The summed E-state index contributed by atoms with van der Waals surface area (Å²) in [6.07, 6.45) is 2.03. The largest absolute Gasteiger partial charge is 0.342 e. The molecule has 1 unspecified atom stereocenters. The molecule has 0 saturated carbocycles. The van der Waals surface area contributed by atoms with Gasteiger partial charge in [-0.1, -0.05) is 36.4 Å². The van der Waals surface area contributed by atoms with Crippen LogP contribution in [0.5, 0.6) is 0 Å². The smallest absolute Gasteiger partial charge is 0.224 e. The SMILES string of the molecule is C=CCN(C)C(=O)CC(N)c1ccccc1. The molecule has 3 nitrogen and oxygen atoms in total. The van der Waals surface area contributed by atoms with Crippen molar-refractivity contribution in [3.8, 4) is 0 Å². The molecule has 1 aromatic carbocycles. The van der Waals surface area contributed by atoms with Crippen LogP contribution in [0.25, 0.3) is 0 Å². The van der Waals surface area contributed by atoms with E-state index in [-0.39, 0.29) is 11.9 Å². The van der Waals surface area contributed by atoms with Crippen LogP contribution in [-0.4, -0.2) is 24.4 Å². The van der Waals surface area contributed by atoms with Crippen LogP contribution in [0, 0.1) is 0 Å². The summed E-state index contributed by atoms with van der Waals surface area (Å²) in [6.45, 7) is 4.15. The Morgan fingerprint density at radius 3 is 2.69 bits per heavy atom. The van der Waals surface area contributed by atoms with Crippen molar-refractivity contribution < 1.29 is 4.79 Å². The number of carbonyl (C=O) groups is 1. The molecule has 0 radical (unpaired) electrons. The maximum absolute atomic E-state index is 11.7. The van der Waals surface area contributed by atoms with Crippen molar-refractivity contribution in [1.82, 2.24) is 4.90 Å². The molecule has 1 atom stereocenters. The van der Waals surface area contributed by atoms with Crippen LogP contribution in [-0.2, 0) is 4.79 Å². The van der Waals surface area contributed by atoms with Crippen molar-refractivity contribution >= 4 is 5.91 Å². The van der Waals surface area contributed by atoms with E-state index in [0.717, 1.165) is 5.56 Å². The lowest BCUT2D eigenvalue weighted by Crippen LogP contribution is -2.29. The Morgan fingerprint density at radius 1 is 1.50 bits per heavy atom. The Bertz CT molecular complexity index is 348. The van der Waals surface area contributed by atoms with E-state index in [1.807, 2.05) is 30.3 Å². The Kier molecular flexibility index (Phi) is 4.73. The zero-order chi connectivity index (χ0) is 12.0. The number of amides is 1. The van der Waals surface area contributed by atoms with Crippen molar-refractivity contribution in [2.75, 3.05) is 13.6 Å². The van der Waals surface area contributed by atoms with Gasteiger partial charge in [0, 0.05) is 26.1 Å². The lowest BCUT2D eigenvalue weighted by atomic mass is 10.0. The zero-order valence-electron chi connectivity index (χ0n) is 9.60. The Morgan fingerprint density at radius 2 is 2.12 bits per heavy atom. The third-order valence-corrected chi connectivity index (χ3v) is 2.45. The summed E-state index contributed by atoms with van der Waals surface area (Å²) in [5, 5.41) is 0. The molecule has 1 rings (SSSR count). The monoisotopic (exact) mass is 218 g/mol. The molecule has 2 N–H and O–H groups in total. The lowest BCUT2D eigenvalue weighted by molar-refractivity contribution is -0.129. The van der Waals surface area contributed by atoms with Crippen molar-refractivity contribution in [2.45, 2.75) is 12.5 Å². The van der Waals surface area contributed by atoms with Gasteiger partial charge in [-0.2, -0.15) is 0 Å². The van der Waals surface area contributed by atoms with Crippen LogP contribution in [0.2, 0.25) is 0 Å². The number of nitrogens with two attached hydrogens (primary N) is 1. The van der Waals surface area contributed by atoms with Gasteiger partial charge < -0.3 is 10.6 Å². The first-order valence-electron chi connectivity index (χ1n) is 5.30. The molecule has 0 spiro atoms. The second kappa shape index (κ2) is 6.08. The van der Waals surface area contributed by atoms with Gasteiger partial charge in [0.1, 0.15) is 0 Å². The number of hydrogen-bond acceptors (Lipinski definition) is 2. The molecule has 1 aromatic rings. The summed E-state index contributed by atoms with van der Waals surface area (Å²) in [6, 6.07) is 9.42. The highest BCUT2D eigenvalue weighted by Crippen LogP contribution is 2.14. The van der Waals surface area contributed by atoms with Crippen LogP contribution in [0.15, 0.2) is 43.0 Å². The number of likely N-dealkylation sites (N-methyl/N-ethyl adjacent to an activating group) is 1. The summed E-state index contributed by atoms with van der Waals surface area (Å²) < 4.78 is 0. The Hall–Kier alpha value is -1.61. The predicted octanol–water partition coefficient (Wildman–Crippen LogP) is 1.72. The lowest BCUT2D eigenvalue weighted by Gasteiger charge is -2.18. The minimum atomic E-state index is -0.235. The molecule has 0 heterocycles. The highest BCUT2D eigenvalue weighted by Gasteiger charge is 2.13. The van der Waals surface area contributed by atoms with Crippen LogP contribution in [0.3, 0.4) is 0 Å². The first-order chi connectivity index (χ1) is 7.65. The van der Waals surface area contributed by atoms with Gasteiger partial charge in [-0.15, -0.1) is 6.58 Å². The van der Waals surface area contributed by atoms with Crippen molar-refractivity contribution in [1.29, 1.82) is 0 Å². The topological polar surface area (TPSA) is 46.3 Å². The van der Waals surface area contributed by atoms with Crippen LogP contribution in [0.1, 0.15) is 18.0 Å². The van der Waals surface area contributed by atoms with Gasteiger partial charge in [-0.05, 0) is 5.56 Å². The quantitative estimate of drug-likeness (QED) is 0.765. The minimum Gasteiger partial charge on any atom is -0.342 e. The fraction of sp³-hybridized carbons (Fsp3) is 0.308. The summed E-state index contributed by atoms with van der Waals surface area (Å²) in [7, 11) is 1.75. The first-order valence-corrected chi connectivity index (χ1v) is 5.30. The molecule has 0 aliphatic rings. The summed E-state index contributed by atoms with van der Waals surface area (Å²) in [4.78, 5) is 13.3. The minimum absolute atomic E-state index is 0.0382. The molecule has 0 aliphatic carbocycles. The highest BCUT2D eigenvalue weighted by atomic mass is 16.2. The predicted molar refractivity (Wildman–Crippen MR) is 65.8 cm³/mol. The van der Waals surface area contributed by atoms with E-state index in [1.54, 1.807) is 18.0 Å². The first kappa shape index (κ1) is 12.5. The van der Waals surface area contributed by atoms with E-state index in [9.17, 15) is 4.79 Å². The number of hydrogen-bond donors (Lipinski definition) is 1. The van der Waals surface area contributed by atoms with E-state index in [1.165, 1.54) is 0 Å². The fourth-order valence-electron chi connectivity index (χ4n) is 1.46. The van der Waals surface area contributed by atoms with E-state index in [2.05, 4.69) is 6.58 Å². The van der Waals surface area contributed by atoms with Crippen molar-refractivity contribution in [2.24, 2.45) is 5.73 Å². The molecule has 0 fully saturated rings. The van der Waals surface area contributed by atoms with E-state index in [4.69, 9.17) is 5.73 Å². The summed E-state index contributed by atoms with van der Waals surface area (Å²) in [5.74, 6) is 0.0382. The average molecular weight is 218 g/mol. The highest BCUT2D eigenvalue weighted by molar-refractivity contribution is 5.76. The molecule has 0 aliphatic heterocycles. The molecular formula is C13H18N2O. The summed E-state index contributed by atoms with van der Waals surface area (Å²) >= 11 is 0. The molecular weight excluding hydrogens is 200 g/mol. The molecule has 0 saturated heterocycles. The molecule has 3 heteroatoms. The van der Waals surface area contributed by atoms with Crippen LogP contribution < -0.4 is 5.73 Å². The van der Waals surface area contributed by atoms with Gasteiger partial charge in [0.15, 0.2) is 0 Å². The number of benzene rings is 1. The molecule has 16 heavy (non-hydrogen) atoms. The van der Waals surface area contributed by atoms with Crippen LogP contribution in [0.4, 0.5) is 0 Å². The second-order valence-electron chi connectivity index (χ2n) is 3.78. The number of rotatable bonds is 5. The number of carbonyl (C=O) groups excluding carboxylic acids is 1. The Labute approximate surface area is 96.6 Å². The third-order valence-electron chi connectivity index (χ3n) is 2.45. The fourth-order valence-corrected chi connectivity index (χ4v) is 1.46. The van der Waals surface area contributed by atoms with Gasteiger partial charge in [-0.25, -0.2) is 0 Å². The van der Waals surface area contributed by atoms with Crippen LogP contribution >= 0.6 is 0 Å². The zero-order valence-corrected chi connectivity index (χ0v) is 9.60. The van der Waals surface area contributed by atoms with Gasteiger partial charge >= 0.3 is 0 Å². The van der Waals surface area contributed by atoms with Crippen molar-refractivity contribution in [3.05, 3.63) is 48.6 Å². The van der Waals surface area contributed by atoms with E-state index in [0.29, 0.717) is 13.0 Å². The normalized spacial score (nSPS) is 11.9. The molecule has 0 bridgehead atoms.